The lowest BCUT2D eigenvalue weighted by atomic mass is 10.0. The van der Waals surface area contributed by atoms with E-state index >= 15 is 0 Å². The number of carbonyl (C=O) groups excluding carboxylic acids is 1. The summed E-state index contributed by atoms with van der Waals surface area (Å²) >= 11 is 3.54. The Bertz CT molecular complexity index is 1120. The molecule has 0 unspecified atom stereocenters. The number of pyridine rings is 1. The number of hydrogen-bond donors (Lipinski definition) is 0. The summed E-state index contributed by atoms with van der Waals surface area (Å²) in [7, 11) is 1.39. The summed E-state index contributed by atoms with van der Waals surface area (Å²) in [4.78, 5) is 16.8. The number of benzene rings is 2. The zero-order valence-corrected chi connectivity index (χ0v) is 16.3. The van der Waals surface area contributed by atoms with Crippen molar-refractivity contribution in [2.75, 3.05) is 7.11 Å². The first-order valence-electron chi connectivity index (χ1n) is 8.55. The number of fused-ring (bicyclic) bond motifs is 1. The molecule has 0 N–H and O–H groups in total. The fourth-order valence-corrected chi connectivity index (χ4v) is 3.56. The second-order valence-electron chi connectivity index (χ2n) is 6.22. The number of esters is 1. The minimum Gasteiger partial charge on any atom is -0.465 e. The van der Waals surface area contributed by atoms with Crippen LogP contribution in [0.2, 0.25) is 0 Å². The van der Waals surface area contributed by atoms with Crippen molar-refractivity contribution in [3.05, 3.63) is 94.2 Å². The van der Waals surface area contributed by atoms with Gasteiger partial charge >= 0.3 is 5.97 Å². The molecule has 4 nitrogen and oxygen atoms in total. The van der Waals surface area contributed by atoms with E-state index in [1.807, 2.05) is 46.9 Å². The third kappa shape index (κ3) is 3.51. The molecule has 27 heavy (non-hydrogen) atoms. The largest absolute Gasteiger partial charge is 0.465 e. The zero-order valence-electron chi connectivity index (χ0n) is 14.7. The standard InChI is InChI=1S/C22H17BrN2O2/c1-27-22(26)17-10-11-20-24-21(16-8-5-9-18(23)13-16)19(25(20)14-17)12-15-6-3-2-4-7-15/h2-11,13-14H,12H2,1H3. The summed E-state index contributed by atoms with van der Waals surface area (Å²) in [5.74, 6) is -0.361. The molecule has 0 radical (unpaired) electrons. The molecule has 0 amide bonds. The lowest BCUT2D eigenvalue weighted by Crippen LogP contribution is -2.04. The number of aromatic nitrogens is 2. The Kier molecular flexibility index (Phi) is 4.77. The molecule has 2 aromatic carbocycles. The van der Waals surface area contributed by atoms with Crippen molar-refractivity contribution in [2.24, 2.45) is 0 Å². The van der Waals surface area contributed by atoms with Crippen molar-refractivity contribution in [1.82, 2.24) is 9.38 Å². The summed E-state index contributed by atoms with van der Waals surface area (Å²) < 4.78 is 7.85. The van der Waals surface area contributed by atoms with Gasteiger partial charge in [0.1, 0.15) is 5.65 Å². The predicted molar refractivity (Wildman–Crippen MR) is 109 cm³/mol. The number of ether oxygens (including phenoxy) is 1. The van der Waals surface area contributed by atoms with E-state index in [0.29, 0.717) is 12.0 Å². The van der Waals surface area contributed by atoms with Gasteiger partial charge in [0.25, 0.3) is 0 Å². The van der Waals surface area contributed by atoms with Crippen LogP contribution in [0.1, 0.15) is 21.6 Å². The average molecular weight is 421 g/mol. The van der Waals surface area contributed by atoms with Crippen LogP contribution < -0.4 is 0 Å². The van der Waals surface area contributed by atoms with Gasteiger partial charge < -0.3 is 9.14 Å². The minimum absolute atomic E-state index is 0.361. The molecule has 4 rings (SSSR count). The lowest BCUT2D eigenvalue weighted by Gasteiger charge is -2.07. The van der Waals surface area contributed by atoms with E-state index in [-0.39, 0.29) is 5.97 Å². The van der Waals surface area contributed by atoms with Crippen LogP contribution in [-0.4, -0.2) is 22.5 Å². The third-order valence-electron chi connectivity index (χ3n) is 4.45. The number of nitrogens with zero attached hydrogens (tertiary/aromatic N) is 2. The lowest BCUT2D eigenvalue weighted by molar-refractivity contribution is 0.0600. The highest BCUT2D eigenvalue weighted by molar-refractivity contribution is 9.10. The SMILES string of the molecule is COC(=O)c1ccc2nc(-c3cccc(Br)c3)c(Cc3ccccc3)n2c1. The molecule has 0 aliphatic rings. The third-order valence-corrected chi connectivity index (χ3v) is 4.94. The van der Waals surface area contributed by atoms with Crippen molar-refractivity contribution >= 4 is 27.5 Å². The molecule has 4 aromatic rings. The van der Waals surface area contributed by atoms with Crippen LogP contribution in [0.4, 0.5) is 0 Å². The van der Waals surface area contributed by atoms with Crippen molar-refractivity contribution in [3.63, 3.8) is 0 Å². The maximum Gasteiger partial charge on any atom is 0.339 e. The van der Waals surface area contributed by atoms with E-state index in [4.69, 9.17) is 9.72 Å². The highest BCUT2D eigenvalue weighted by atomic mass is 79.9. The Morgan fingerprint density at radius 3 is 2.63 bits per heavy atom. The van der Waals surface area contributed by atoms with Crippen LogP contribution in [0.15, 0.2) is 77.4 Å². The quantitative estimate of drug-likeness (QED) is 0.429. The van der Waals surface area contributed by atoms with E-state index in [9.17, 15) is 4.79 Å². The molecular formula is C22H17BrN2O2. The molecule has 0 saturated carbocycles. The van der Waals surface area contributed by atoms with Crippen molar-refractivity contribution in [2.45, 2.75) is 6.42 Å². The Morgan fingerprint density at radius 1 is 1.07 bits per heavy atom. The fraction of sp³-hybridized carbons (Fsp3) is 0.0909. The number of rotatable bonds is 4. The van der Waals surface area contributed by atoms with Crippen LogP contribution in [0.25, 0.3) is 16.9 Å². The van der Waals surface area contributed by atoms with Crippen LogP contribution in [0.3, 0.4) is 0 Å². The molecule has 0 saturated heterocycles. The van der Waals surface area contributed by atoms with E-state index in [0.717, 1.165) is 27.1 Å². The van der Waals surface area contributed by atoms with Gasteiger partial charge in [-0.25, -0.2) is 9.78 Å². The number of methoxy groups -OCH3 is 1. The van der Waals surface area contributed by atoms with Crippen LogP contribution in [0, 0.1) is 0 Å². The summed E-state index contributed by atoms with van der Waals surface area (Å²) in [6, 6.07) is 21.9. The predicted octanol–water partition coefficient (Wildman–Crippen LogP) is 5.14. The average Bonchev–Trinajstić information content (AvgIpc) is 3.06. The normalized spacial score (nSPS) is 10.9. The fourth-order valence-electron chi connectivity index (χ4n) is 3.16. The first-order chi connectivity index (χ1) is 13.2. The van der Waals surface area contributed by atoms with Crippen molar-refractivity contribution in [3.8, 4) is 11.3 Å². The Labute approximate surface area is 165 Å². The number of imidazole rings is 1. The summed E-state index contributed by atoms with van der Waals surface area (Å²) in [5.41, 5.74) is 5.43. The van der Waals surface area contributed by atoms with Crippen molar-refractivity contribution < 1.29 is 9.53 Å². The van der Waals surface area contributed by atoms with E-state index < -0.39 is 0 Å². The minimum atomic E-state index is -0.361. The molecule has 0 aliphatic heterocycles. The summed E-state index contributed by atoms with van der Waals surface area (Å²) in [6.45, 7) is 0. The Hall–Kier alpha value is -2.92. The highest BCUT2D eigenvalue weighted by Crippen LogP contribution is 2.29. The molecule has 0 fully saturated rings. The molecule has 0 spiro atoms. The molecule has 5 heteroatoms. The molecular weight excluding hydrogens is 404 g/mol. The van der Waals surface area contributed by atoms with Crippen LogP contribution in [-0.2, 0) is 11.2 Å². The van der Waals surface area contributed by atoms with E-state index in [1.165, 1.54) is 12.7 Å². The van der Waals surface area contributed by atoms with Gasteiger partial charge in [-0.3, -0.25) is 0 Å². The molecule has 0 aliphatic carbocycles. The monoisotopic (exact) mass is 420 g/mol. The maximum atomic E-state index is 12.0. The van der Waals surface area contributed by atoms with Gasteiger partial charge in [0.2, 0.25) is 0 Å². The second-order valence-corrected chi connectivity index (χ2v) is 7.13. The van der Waals surface area contributed by atoms with Crippen LogP contribution >= 0.6 is 15.9 Å². The molecule has 134 valence electrons. The Balaban J connectivity index is 1.93. The molecule has 2 heterocycles. The zero-order chi connectivity index (χ0) is 18.8. The van der Waals surface area contributed by atoms with Gasteiger partial charge in [-0.2, -0.15) is 0 Å². The van der Waals surface area contributed by atoms with Gasteiger partial charge in [0.15, 0.2) is 0 Å². The molecule has 0 bridgehead atoms. The van der Waals surface area contributed by atoms with Crippen molar-refractivity contribution in [1.29, 1.82) is 0 Å². The maximum absolute atomic E-state index is 12.0. The number of halogens is 1. The van der Waals surface area contributed by atoms with Gasteiger partial charge in [-0.05, 0) is 29.8 Å². The number of hydrogen-bond acceptors (Lipinski definition) is 3. The van der Waals surface area contributed by atoms with Crippen LogP contribution in [0.5, 0.6) is 0 Å². The van der Waals surface area contributed by atoms with Gasteiger partial charge in [-0.15, -0.1) is 0 Å². The van der Waals surface area contributed by atoms with Gasteiger partial charge in [0, 0.05) is 22.7 Å². The highest BCUT2D eigenvalue weighted by Gasteiger charge is 2.17. The topological polar surface area (TPSA) is 43.6 Å². The summed E-state index contributed by atoms with van der Waals surface area (Å²) in [5, 5.41) is 0. The summed E-state index contributed by atoms with van der Waals surface area (Å²) in [6.07, 6.45) is 2.50. The molecule has 0 atom stereocenters. The first kappa shape index (κ1) is 17.5. The van der Waals surface area contributed by atoms with E-state index in [1.54, 1.807) is 12.3 Å². The van der Waals surface area contributed by atoms with Gasteiger partial charge in [-0.1, -0.05) is 58.4 Å². The second kappa shape index (κ2) is 7.37. The first-order valence-corrected chi connectivity index (χ1v) is 9.34. The van der Waals surface area contributed by atoms with Gasteiger partial charge in [0.05, 0.1) is 24.1 Å². The number of carbonyl (C=O) groups is 1. The Morgan fingerprint density at radius 2 is 1.89 bits per heavy atom. The van der Waals surface area contributed by atoms with E-state index in [2.05, 4.69) is 34.1 Å². The molecule has 2 aromatic heterocycles. The smallest absolute Gasteiger partial charge is 0.339 e.